The molecule has 110 valence electrons. The summed E-state index contributed by atoms with van der Waals surface area (Å²) in [5, 5.41) is 10.4. The molecule has 0 radical (unpaired) electrons. The van der Waals surface area contributed by atoms with Crippen LogP contribution in [0.3, 0.4) is 0 Å². The van der Waals surface area contributed by atoms with Crippen LogP contribution in [0.25, 0.3) is 11.5 Å². The summed E-state index contributed by atoms with van der Waals surface area (Å²) in [7, 11) is 1.76. The van der Waals surface area contributed by atoms with Gasteiger partial charge in [-0.25, -0.2) is 5.01 Å². The molecule has 0 aliphatic heterocycles. The van der Waals surface area contributed by atoms with Crippen LogP contribution in [0, 0.1) is 0 Å². The molecule has 22 heavy (non-hydrogen) atoms. The first-order valence-electron chi connectivity index (χ1n) is 6.65. The van der Waals surface area contributed by atoms with Crippen molar-refractivity contribution in [1.82, 2.24) is 10.1 Å². The van der Waals surface area contributed by atoms with Gasteiger partial charge in [-0.05, 0) is 35.0 Å². The molecule has 0 amide bonds. The van der Waals surface area contributed by atoms with Crippen molar-refractivity contribution < 1.29 is 4.52 Å². The largest absolute Gasteiger partial charge is 0.332 e. The fourth-order valence-electron chi connectivity index (χ4n) is 1.80. The fourth-order valence-corrected chi connectivity index (χ4v) is 1.92. The van der Waals surface area contributed by atoms with Gasteiger partial charge < -0.3 is 4.52 Å². The molecule has 3 aromatic rings. The average molecular weight is 313 g/mol. The Morgan fingerprint density at radius 1 is 1.09 bits per heavy atom. The maximum Gasteiger partial charge on any atom is 0.286 e. The van der Waals surface area contributed by atoms with E-state index in [1.807, 2.05) is 54.6 Å². The molecule has 0 spiro atoms. The third kappa shape index (κ3) is 3.32. The van der Waals surface area contributed by atoms with Crippen LogP contribution in [0.15, 0.2) is 64.2 Å². The van der Waals surface area contributed by atoms with Gasteiger partial charge in [0.15, 0.2) is 0 Å². The molecule has 0 N–H and O–H groups in total. The van der Waals surface area contributed by atoms with Crippen molar-refractivity contribution in [2.24, 2.45) is 5.10 Å². The molecule has 6 heteroatoms. The van der Waals surface area contributed by atoms with E-state index in [1.165, 1.54) is 0 Å². The predicted octanol–water partition coefficient (Wildman–Crippen LogP) is 3.86. The number of aromatic nitrogens is 2. The highest BCUT2D eigenvalue weighted by Gasteiger charge is 2.10. The van der Waals surface area contributed by atoms with Crippen molar-refractivity contribution >= 4 is 23.8 Å². The van der Waals surface area contributed by atoms with E-state index in [-0.39, 0.29) is 0 Å². The van der Waals surface area contributed by atoms with Gasteiger partial charge in [0, 0.05) is 17.6 Å². The summed E-state index contributed by atoms with van der Waals surface area (Å²) in [6.07, 6.45) is 1.70. The minimum atomic E-state index is 0.393. The molecule has 0 unspecified atom stereocenters. The standard InChI is InChI=1S/C16H13ClN4O/c1-21(18-11-12-7-9-14(17)10-8-12)16-19-15(22-20-16)13-5-3-2-4-6-13/h2-11H,1H3/b18-11+. The summed E-state index contributed by atoms with van der Waals surface area (Å²) in [6.45, 7) is 0. The highest BCUT2D eigenvalue weighted by atomic mass is 35.5. The zero-order chi connectivity index (χ0) is 15.4. The molecule has 0 fully saturated rings. The Labute approximate surface area is 132 Å². The molecular weight excluding hydrogens is 300 g/mol. The van der Waals surface area contributed by atoms with Crippen molar-refractivity contribution in [1.29, 1.82) is 0 Å². The lowest BCUT2D eigenvalue weighted by atomic mass is 10.2. The van der Waals surface area contributed by atoms with Crippen LogP contribution in [0.2, 0.25) is 5.02 Å². The van der Waals surface area contributed by atoms with E-state index < -0.39 is 0 Å². The van der Waals surface area contributed by atoms with Crippen LogP contribution in [0.1, 0.15) is 5.56 Å². The number of nitrogens with zero attached hydrogens (tertiary/aromatic N) is 4. The monoisotopic (exact) mass is 312 g/mol. The van der Waals surface area contributed by atoms with Gasteiger partial charge in [-0.3, -0.25) is 0 Å². The quantitative estimate of drug-likeness (QED) is 0.542. The SMILES string of the molecule is CN(/N=C/c1ccc(Cl)cc1)c1noc(-c2ccccc2)n1. The maximum atomic E-state index is 5.84. The average Bonchev–Trinajstić information content (AvgIpc) is 3.05. The molecule has 3 rings (SSSR count). The van der Waals surface area contributed by atoms with Crippen molar-refractivity contribution in [2.75, 3.05) is 12.1 Å². The Balaban J connectivity index is 1.74. The number of rotatable bonds is 4. The minimum absolute atomic E-state index is 0.393. The number of anilines is 1. The van der Waals surface area contributed by atoms with Gasteiger partial charge in [-0.15, -0.1) is 0 Å². The predicted molar refractivity (Wildman–Crippen MR) is 87.2 cm³/mol. The highest BCUT2D eigenvalue weighted by Crippen LogP contribution is 2.19. The van der Waals surface area contributed by atoms with Crippen LogP contribution >= 0.6 is 11.6 Å². The van der Waals surface area contributed by atoms with Gasteiger partial charge >= 0.3 is 0 Å². The molecule has 0 saturated carbocycles. The Bertz CT molecular complexity index is 768. The number of benzene rings is 2. The Kier molecular flexibility index (Phi) is 4.16. The summed E-state index contributed by atoms with van der Waals surface area (Å²) in [6, 6.07) is 17.0. The van der Waals surface area contributed by atoms with Gasteiger partial charge in [0.25, 0.3) is 11.8 Å². The highest BCUT2D eigenvalue weighted by molar-refractivity contribution is 6.30. The second-order valence-corrected chi connectivity index (χ2v) is 5.02. The van der Waals surface area contributed by atoms with E-state index in [9.17, 15) is 0 Å². The van der Waals surface area contributed by atoms with Gasteiger partial charge in [0.2, 0.25) is 0 Å². The van der Waals surface area contributed by atoms with Crippen LogP contribution in [0.5, 0.6) is 0 Å². The van der Waals surface area contributed by atoms with Crippen LogP contribution in [-0.4, -0.2) is 23.4 Å². The Hall–Kier alpha value is -2.66. The molecule has 1 aromatic heterocycles. The topological polar surface area (TPSA) is 54.5 Å². The van der Waals surface area contributed by atoms with Crippen molar-refractivity contribution in [3.8, 4) is 11.5 Å². The van der Waals surface area contributed by atoms with Crippen molar-refractivity contribution in [3.63, 3.8) is 0 Å². The first-order chi connectivity index (χ1) is 10.7. The first kappa shape index (κ1) is 14.3. The molecule has 0 bridgehead atoms. The van der Waals surface area contributed by atoms with E-state index in [1.54, 1.807) is 18.3 Å². The van der Waals surface area contributed by atoms with E-state index >= 15 is 0 Å². The maximum absolute atomic E-state index is 5.84. The van der Waals surface area contributed by atoms with E-state index in [2.05, 4.69) is 15.2 Å². The van der Waals surface area contributed by atoms with Crippen LogP contribution < -0.4 is 5.01 Å². The zero-order valence-electron chi connectivity index (χ0n) is 11.8. The summed E-state index contributed by atoms with van der Waals surface area (Å²) in [5.74, 6) is 0.855. The Morgan fingerprint density at radius 3 is 2.55 bits per heavy atom. The number of hydrogen-bond donors (Lipinski definition) is 0. The lowest BCUT2D eigenvalue weighted by Gasteiger charge is -2.05. The fraction of sp³-hybridized carbons (Fsp3) is 0.0625. The lowest BCUT2D eigenvalue weighted by molar-refractivity contribution is 0.430. The van der Waals surface area contributed by atoms with Gasteiger partial charge in [0.05, 0.1) is 6.21 Å². The summed E-state index contributed by atoms with van der Waals surface area (Å²) >= 11 is 5.84. The summed E-state index contributed by atoms with van der Waals surface area (Å²) in [5.41, 5.74) is 1.80. The molecular formula is C16H13ClN4O. The molecule has 5 nitrogen and oxygen atoms in total. The minimum Gasteiger partial charge on any atom is -0.332 e. The Morgan fingerprint density at radius 2 is 1.82 bits per heavy atom. The number of hydrogen-bond acceptors (Lipinski definition) is 5. The third-order valence-corrected chi connectivity index (χ3v) is 3.23. The lowest BCUT2D eigenvalue weighted by Crippen LogP contribution is -2.10. The van der Waals surface area contributed by atoms with Gasteiger partial charge in [-0.2, -0.15) is 10.1 Å². The van der Waals surface area contributed by atoms with Crippen LogP contribution in [-0.2, 0) is 0 Å². The summed E-state index contributed by atoms with van der Waals surface area (Å²) in [4.78, 5) is 4.32. The van der Waals surface area contributed by atoms with Crippen molar-refractivity contribution in [3.05, 3.63) is 65.2 Å². The molecule has 1 heterocycles. The van der Waals surface area contributed by atoms with E-state index in [4.69, 9.17) is 16.1 Å². The van der Waals surface area contributed by atoms with Gasteiger partial charge in [0.1, 0.15) is 0 Å². The van der Waals surface area contributed by atoms with E-state index in [0.717, 1.165) is 11.1 Å². The second-order valence-electron chi connectivity index (χ2n) is 4.59. The number of hydrazone groups is 1. The van der Waals surface area contributed by atoms with Crippen molar-refractivity contribution in [2.45, 2.75) is 0 Å². The normalized spacial score (nSPS) is 11.0. The third-order valence-electron chi connectivity index (χ3n) is 2.98. The zero-order valence-corrected chi connectivity index (χ0v) is 12.6. The van der Waals surface area contributed by atoms with E-state index in [0.29, 0.717) is 16.9 Å². The molecule has 0 atom stereocenters. The first-order valence-corrected chi connectivity index (χ1v) is 7.02. The van der Waals surface area contributed by atoms with Crippen LogP contribution in [0.4, 0.5) is 5.95 Å². The molecule has 0 saturated heterocycles. The molecule has 2 aromatic carbocycles. The number of halogens is 1. The second kappa shape index (κ2) is 6.41. The van der Waals surface area contributed by atoms with Gasteiger partial charge in [-0.1, -0.05) is 41.9 Å². The summed E-state index contributed by atoms with van der Waals surface area (Å²) < 4.78 is 5.25. The molecule has 0 aliphatic rings. The molecule has 0 aliphatic carbocycles. The smallest absolute Gasteiger partial charge is 0.286 e.